The van der Waals surface area contributed by atoms with Crippen molar-refractivity contribution in [3.05, 3.63) is 83.7 Å². The molecule has 0 unspecified atom stereocenters. The quantitative estimate of drug-likeness (QED) is 0.748. The summed E-state index contributed by atoms with van der Waals surface area (Å²) in [6, 6.07) is 16.7. The molecule has 2 aromatic carbocycles. The number of aromatic carboxylic acids is 1. The van der Waals surface area contributed by atoms with Gasteiger partial charge in [-0.3, -0.25) is 0 Å². The van der Waals surface area contributed by atoms with E-state index in [4.69, 9.17) is 0 Å². The van der Waals surface area contributed by atoms with E-state index in [1.165, 1.54) is 11.8 Å². The van der Waals surface area contributed by atoms with Gasteiger partial charge in [0.1, 0.15) is 0 Å². The van der Waals surface area contributed by atoms with Crippen molar-refractivity contribution in [1.82, 2.24) is 0 Å². The zero-order valence-corrected chi connectivity index (χ0v) is 16.6. The van der Waals surface area contributed by atoms with Gasteiger partial charge in [0, 0.05) is 48.9 Å². The van der Waals surface area contributed by atoms with Gasteiger partial charge < -0.3 is 25.6 Å². The van der Waals surface area contributed by atoms with Gasteiger partial charge in [-0.2, -0.15) is 0 Å². The number of H-pyrrole nitrogens is 1. The maximum atomic E-state index is 11.0. The molecule has 3 rings (SSSR count). The SMILES string of the molecule is CN(C)c1cc[nH+]cc1.Cc1cccc(Nc2ccccc2C(=O)[O-])c1C.O. The molecule has 0 atom stereocenters. The molecule has 0 aliphatic rings. The van der Waals surface area contributed by atoms with Crippen molar-refractivity contribution >= 4 is 23.0 Å². The second-order valence-corrected chi connectivity index (χ2v) is 6.36. The molecule has 0 amide bonds. The van der Waals surface area contributed by atoms with E-state index in [-0.39, 0.29) is 11.0 Å². The first kappa shape index (κ1) is 22.7. The van der Waals surface area contributed by atoms with Crippen molar-refractivity contribution in [3.8, 4) is 0 Å². The molecule has 0 spiro atoms. The van der Waals surface area contributed by atoms with Crippen LogP contribution in [-0.4, -0.2) is 25.5 Å². The molecule has 0 saturated heterocycles. The Morgan fingerprint density at radius 1 is 0.929 bits per heavy atom. The Bertz CT molecular complexity index is 897. The van der Waals surface area contributed by atoms with Crippen molar-refractivity contribution in [2.45, 2.75) is 13.8 Å². The highest BCUT2D eigenvalue weighted by Gasteiger charge is 2.05. The lowest BCUT2D eigenvalue weighted by Gasteiger charge is -2.15. The molecule has 0 aliphatic heterocycles. The van der Waals surface area contributed by atoms with E-state index in [1.54, 1.807) is 18.2 Å². The normalized spacial score (nSPS) is 9.43. The summed E-state index contributed by atoms with van der Waals surface area (Å²) in [7, 11) is 4.05. The number of carbonyl (C=O) groups excluding carboxylic acids is 1. The predicted octanol–water partition coefficient (Wildman–Crippen LogP) is 2.15. The molecule has 0 aliphatic carbocycles. The Morgan fingerprint density at radius 3 is 2.11 bits per heavy atom. The number of para-hydroxylation sites is 1. The van der Waals surface area contributed by atoms with Gasteiger partial charge in [0.2, 0.25) is 0 Å². The number of nitrogens with zero attached hydrogens (tertiary/aromatic N) is 1. The van der Waals surface area contributed by atoms with Crippen LogP contribution in [0.4, 0.5) is 17.1 Å². The second kappa shape index (κ2) is 10.7. The van der Waals surface area contributed by atoms with Crippen molar-refractivity contribution in [2.75, 3.05) is 24.3 Å². The minimum absolute atomic E-state index is 0. The molecule has 1 heterocycles. The number of anilines is 3. The zero-order valence-electron chi connectivity index (χ0n) is 16.6. The standard InChI is InChI=1S/C15H15NO2.C7H10N2.H2O/c1-10-6-5-9-13(11(10)2)16-14-8-4-3-7-12(14)15(17)18;1-9(2)7-3-5-8-6-4-7;/h3-9,16H,1-2H3,(H,17,18);3-6H,1-2H3;1H2. The van der Waals surface area contributed by atoms with Gasteiger partial charge in [0.15, 0.2) is 12.4 Å². The van der Waals surface area contributed by atoms with Gasteiger partial charge in [-0.15, -0.1) is 0 Å². The number of carbonyl (C=O) groups is 1. The van der Waals surface area contributed by atoms with Gasteiger partial charge in [-0.25, -0.2) is 4.98 Å². The summed E-state index contributed by atoms with van der Waals surface area (Å²) in [5, 5.41) is 14.2. The minimum atomic E-state index is -1.18. The summed E-state index contributed by atoms with van der Waals surface area (Å²) in [6.45, 7) is 4.02. The lowest BCUT2D eigenvalue weighted by Crippen LogP contribution is -2.23. The molecule has 0 bridgehead atoms. The monoisotopic (exact) mass is 381 g/mol. The van der Waals surface area contributed by atoms with E-state index >= 15 is 0 Å². The third-order valence-corrected chi connectivity index (χ3v) is 4.24. The molecule has 0 radical (unpaired) electrons. The first-order valence-electron chi connectivity index (χ1n) is 8.67. The fourth-order valence-corrected chi connectivity index (χ4v) is 2.48. The van der Waals surface area contributed by atoms with Gasteiger partial charge in [-0.1, -0.05) is 30.3 Å². The summed E-state index contributed by atoms with van der Waals surface area (Å²) < 4.78 is 0. The van der Waals surface area contributed by atoms with Crippen LogP contribution in [0, 0.1) is 13.8 Å². The van der Waals surface area contributed by atoms with Crippen LogP contribution >= 0.6 is 0 Å². The number of aryl methyl sites for hydroxylation is 1. The van der Waals surface area contributed by atoms with E-state index in [1.807, 2.05) is 70.7 Å². The average Bonchev–Trinajstić information content (AvgIpc) is 2.67. The van der Waals surface area contributed by atoms with Crippen LogP contribution in [0.3, 0.4) is 0 Å². The van der Waals surface area contributed by atoms with Crippen LogP contribution in [-0.2, 0) is 0 Å². The maximum Gasteiger partial charge on any atom is 0.169 e. The second-order valence-electron chi connectivity index (χ2n) is 6.36. The van der Waals surface area contributed by atoms with E-state index < -0.39 is 5.97 Å². The number of pyridine rings is 1. The largest absolute Gasteiger partial charge is 0.545 e. The summed E-state index contributed by atoms with van der Waals surface area (Å²) >= 11 is 0. The highest BCUT2D eigenvalue weighted by molar-refractivity contribution is 5.93. The lowest BCUT2D eigenvalue weighted by atomic mass is 10.1. The fraction of sp³-hybridized carbons (Fsp3) is 0.182. The smallest absolute Gasteiger partial charge is 0.169 e. The van der Waals surface area contributed by atoms with Gasteiger partial charge in [0.05, 0.1) is 5.97 Å². The Morgan fingerprint density at radius 2 is 1.54 bits per heavy atom. The number of aromatic nitrogens is 1. The predicted molar refractivity (Wildman–Crippen MR) is 111 cm³/mol. The van der Waals surface area contributed by atoms with E-state index in [2.05, 4.69) is 15.2 Å². The molecule has 148 valence electrons. The molecule has 3 aromatic rings. The van der Waals surface area contributed by atoms with Gasteiger partial charge in [0.25, 0.3) is 0 Å². The van der Waals surface area contributed by atoms with Gasteiger partial charge >= 0.3 is 0 Å². The molecule has 0 saturated carbocycles. The van der Waals surface area contributed by atoms with E-state index in [0.29, 0.717) is 5.69 Å². The summed E-state index contributed by atoms with van der Waals surface area (Å²) in [6.07, 6.45) is 3.82. The van der Waals surface area contributed by atoms with Crippen LogP contribution in [0.1, 0.15) is 21.5 Å². The third kappa shape index (κ3) is 6.10. The van der Waals surface area contributed by atoms with Crippen molar-refractivity contribution in [1.29, 1.82) is 0 Å². The lowest BCUT2D eigenvalue weighted by molar-refractivity contribution is -0.377. The highest BCUT2D eigenvalue weighted by Crippen LogP contribution is 2.24. The molecular formula is C22H27N3O3. The summed E-state index contributed by atoms with van der Waals surface area (Å²) in [5.41, 5.74) is 5.10. The molecular weight excluding hydrogens is 354 g/mol. The Hall–Kier alpha value is -3.38. The van der Waals surface area contributed by atoms with Crippen molar-refractivity contribution in [3.63, 3.8) is 0 Å². The van der Waals surface area contributed by atoms with E-state index in [9.17, 15) is 9.90 Å². The first-order valence-corrected chi connectivity index (χ1v) is 8.67. The van der Waals surface area contributed by atoms with Crippen LogP contribution in [0.2, 0.25) is 0 Å². The average molecular weight is 381 g/mol. The van der Waals surface area contributed by atoms with Crippen molar-refractivity contribution < 1.29 is 20.4 Å². The maximum absolute atomic E-state index is 11.0. The number of nitrogens with one attached hydrogen (secondary N) is 2. The van der Waals surface area contributed by atoms with Crippen LogP contribution in [0.5, 0.6) is 0 Å². The number of rotatable bonds is 4. The molecule has 6 nitrogen and oxygen atoms in total. The molecule has 6 heteroatoms. The Kier molecular flexibility index (Phi) is 8.65. The summed E-state index contributed by atoms with van der Waals surface area (Å²) in [5.74, 6) is -1.18. The zero-order chi connectivity index (χ0) is 19.8. The number of benzene rings is 2. The number of hydrogen-bond donors (Lipinski definition) is 1. The topological polar surface area (TPSA) is 101 Å². The fourth-order valence-electron chi connectivity index (χ4n) is 2.48. The third-order valence-electron chi connectivity index (χ3n) is 4.24. The Labute approximate surface area is 165 Å². The molecule has 28 heavy (non-hydrogen) atoms. The molecule has 4 N–H and O–H groups in total. The number of carboxylic acids is 1. The molecule has 0 fully saturated rings. The highest BCUT2D eigenvalue weighted by atomic mass is 16.4. The first-order chi connectivity index (χ1) is 12.9. The molecule has 1 aromatic heterocycles. The number of aromatic amines is 1. The summed E-state index contributed by atoms with van der Waals surface area (Å²) in [4.78, 5) is 16.0. The van der Waals surface area contributed by atoms with E-state index in [0.717, 1.165) is 16.8 Å². The minimum Gasteiger partial charge on any atom is -0.545 e. The Balaban J connectivity index is 0.000000332. The van der Waals surface area contributed by atoms with Crippen LogP contribution in [0.25, 0.3) is 0 Å². The number of carboxylic acid groups (broad SMARTS) is 1. The van der Waals surface area contributed by atoms with Crippen LogP contribution in [0.15, 0.2) is 67.0 Å². The number of hydrogen-bond acceptors (Lipinski definition) is 4. The van der Waals surface area contributed by atoms with Gasteiger partial charge in [-0.05, 0) is 37.1 Å². The van der Waals surface area contributed by atoms with Crippen molar-refractivity contribution in [2.24, 2.45) is 0 Å². The van der Waals surface area contributed by atoms with Crippen LogP contribution < -0.4 is 20.3 Å².